The van der Waals surface area contributed by atoms with Crippen LogP contribution in [0.2, 0.25) is 5.28 Å². The number of ether oxygens (including phenoxy) is 3. The number of benzene rings is 1. The van der Waals surface area contributed by atoms with Gasteiger partial charge in [-0.3, -0.25) is 0 Å². The standard InChI is InChI=1S/C22H27ClN4O4/c1-4-5-6-10-24-21-20-17(25-22(23)26-21)9-11-27(20)13-15-7-8-16(12-18(15)29-2)31-14-19(28)30-3/h7-9,11-12H,4-6,10,13-14H2,1-3H3,(H,24,25,26). The van der Waals surface area contributed by atoms with Gasteiger partial charge in [0.2, 0.25) is 5.28 Å². The molecule has 2 heterocycles. The van der Waals surface area contributed by atoms with E-state index in [9.17, 15) is 4.79 Å². The minimum absolute atomic E-state index is 0.160. The molecule has 3 aromatic rings. The number of hydrogen-bond donors (Lipinski definition) is 1. The van der Waals surface area contributed by atoms with Crippen molar-refractivity contribution < 1.29 is 19.0 Å². The molecule has 0 bridgehead atoms. The molecule has 0 unspecified atom stereocenters. The normalized spacial score (nSPS) is 10.8. The van der Waals surface area contributed by atoms with Crippen molar-refractivity contribution in [3.05, 3.63) is 41.3 Å². The molecule has 31 heavy (non-hydrogen) atoms. The molecule has 8 nitrogen and oxygen atoms in total. The summed E-state index contributed by atoms with van der Waals surface area (Å²) in [5.41, 5.74) is 2.60. The van der Waals surface area contributed by atoms with Crippen molar-refractivity contribution in [3.8, 4) is 11.5 Å². The fourth-order valence-corrected chi connectivity index (χ4v) is 3.42. The van der Waals surface area contributed by atoms with Gasteiger partial charge in [0.05, 0.1) is 26.3 Å². The number of methoxy groups -OCH3 is 2. The molecule has 0 atom stereocenters. The first kappa shape index (κ1) is 22.7. The maximum absolute atomic E-state index is 11.3. The first-order valence-electron chi connectivity index (χ1n) is 10.2. The zero-order valence-electron chi connectivity index (χ0n) is 18.0. The third-order valence-electron chi connectivity index (χ3n) is 4.84. The average molecular weight is 447 g/mol. The van der Waals surface area contributed by atoms with Gasteiger partial charge >= 0.3 is 5.97 Å². The smallest absolute Gasteiger partial charge is 0.343 e. The Morgan fingerprint density at radius 1 is 1.19 bits per heavy atom. The van der Waals surface area contributed by atoms with E-state index in [4.69, 9.17) is 21.1 Å². The van der Waals surface area contributed by atoms with Gasteiger partial charge in [0.1, 0.15) is 17.0 Å². The van der Waals surface area contributed by atoms with Crippen LogP contribution < -0.4 is 14.8 Å². The molecular formula is C22H27ClN4O4. The number of halogens is 1. The van der Waals surface area contributed by atoms with Crippen LogP contribution in [0.4, 0.5) is 5.82 Å². The number of aromatic nitrogens is 3. The third-order valence-corrected chi connectivity index (χ3v) is 5.01. The van der Waals surface area contributed by atoms with Crippen LogP contribution in [0.5, 0.6) is 11.5 Å². The van der Waals surface area contributed by atoms with E-state index >= 15 is 0 Å². The van der Waals surface area contributed by atoms with Gasteiger partial charge in [0.25, 0.3) is 0 Å². The molecule has 0 saturated heterocycles. The molecule has 0 aliphatic carbocycles. The van der Waals surface area contributed by atoms with E-state index in [2.05, 4.69) is 31.5 Å². The van der Waals surface area contributed by atoms with Crippen LogP contribution >= 0.6 is 11.6 Å². The van der Waals surface area contributed by atoms with E-state index in [1.165, 1.54) is 7.11 Å². The summed E-state index contributed by atoms with van der Waals surface area (Å²) < 4.78 is 17.7. The Morgan fingerprint density at radius 2 is 2.03 bits per heavy atom. The Labute approximate surface area is 186 Å². The number of anilines is 1. The van der Waals surface area contributed by atoms with Gasteiger partial charge in [0.15, 0.2) is 12.4 Å². The number of esters is 1. The second-order valence-electron chi connectivity index (χ2n) is 6.99. The monoisotopic (exact) mass is 446 g/mol. The van der Waals surface area contributed by atoms with Crippen LogP contribution in [0.25, 0.3) is 11.0 Å². The molecule has 0 saturated carbocycles. The van der Waals surface area contributed by atoms with E-state index in [1.807, 2.05) is 18.3 Å². The molecular weight excluding hydrogens is 420 g/mol. The molecule has 0 spiro atoms. The minimum atomic E-state index is -0.445. The molecule has 0 fully saturated rings. The third kappa shape index (κ3) is 5.79. The van der Waals surface area contributed by atoms with Crippen molar-refractivity contribution in [3.63, 3.8) is 0 Å². The highest BCUT2D eigenvalue weighted by molar-refractivity contribution is 6.28. The van der Waals surface area contributed by atoms with Crippen molar-refractivity contribution in [1.29, 1.82) is 0 Å². The summed E-state index contributed by atoms with van der Waals surface area (Å²) in [6.07, 6.45) is 5.31. The number of nitrogens with zero attached hydrogens (tertiary/aromatic N) is 3. The van der Waals surface area contributed by atoms with Gasteiger partial charge in [-0.25, -0.2) is 9.78 Å². The molecule has 9 heteroatoms. The van der Waals surface area contributed by atoms with E-state index in [0.29, 0.717) is 23.9 Å². The molecule has 2 aromatic heterocycles. The maximum atomic E-state index is 11.3. The molecule has 0 radical (unpaired) electrons. The van der Waals surface area contributed by atoms with Gasteiger partial charge < -0.3 is 24.1 Å². The van der Waals surface area contributed by atoms with Gasteiger partial charge in [0, 0.05) is 24.4 Å². The Morgan fingerprint density at radius 3 is 2.77 bits per heavy atom. The van der Waals surface area contributed by atoms with Crippen LogP contribution in [-0.4, -0.2) is 47.9 Å². The van der Waals surface area contributed by atoms with E-state index < -0.39 is 5.97 Å². The first-order chi connectivity index (χ1) is 15.0. The van der Waals surface area contributed by atoms with E-state index in [0.717, 1.165) is 42.4 Å². The molecule has 1 aromatic carbocycles. The number of fused-ring (bicyclic) bond motifs is 1. The summed E-state index contributed by atoms with van der Waals surface area (Å²) in [6.45, 7) is 3.37. The SMILES string of the molecule is CCCCCNc1nc(Cl)nc2ccn(Cc3ccc(OCC(=O)OC)cc3OC)c12. The van der Waals surface area contributed by atoms with Crippen LogP contribution in [0.3, 0.4) is 0 Å². The Balaban J connectivity index is 1.84. The predicted octanol–water partition coefficient (Wildman–Crippen LogP) is 4.30. The van der Waals surface area contributed by atoms with Gasteiger partial charge in [-0.15, -0.1) is 0 Å². The lowest BCUT2D eigenvalue weighted by Gasteiger charge is -2.14. The number of carbonyl (C=O) groups is 1. The predicted molar refractivity (Wildman–Crippen MR) is 120 cm³/mol. The highest BCUT2D eigenvalue weighted by atomic mass is 35.5. The average Bonchev–Trinajstić information content (AvgIpc) is 3.17. The zero-order chi connectivity index (χ0) is 22.2. The first-order valence-corrected chi connectivity index (χ1v) is 10.6. The highest BCUT2D eigenvalue weighted by Crippen LogP contribution is 2.29. The molecule has 1 N–H and O–H groups in total. The zero-order valence-corrected chi connectivity index (χ0v) is 18.7. The summed E-state index contributed by atoms with van der Waals surface area (Å²) in [7, 11) is 2.92. The van der Waals surface area contributed by atoms with E-state index in [1.54, 1.807) is 19.2 Å². The van der Waals surface area contributed by atoms with Crippen LogP contribution in [-0.2, 0) is 16.1 Å². The molecule has 0 amide bonds. The van der Waals surface area contributed by atoms with E-state index in [-0.39, 0.29) is 11.9 Å². The topological polar surface area (TPSA) is 87.5 Å². The Bertz CT molecular complexity index is 1040. The molecule has 0 aliphatic rings. The number of unbranched alkanes of at least 4 members (excludes halogenated alkanes) is 2. The van der Waals surface area contributed by atoms with Crippen molar-refractivity contribution in [2.75, 3.05) is 32.7 Å². The largest absolute Gasteiger partial charge is 0.496 e. The van der Waals surface area contributed by atoms with Crippen LogP contribution in [0, 0.1) is 0 Å². The summed E-state index contributed by atoms with van der Waals surface area (Å²) >= 11 is 6.12. The second-order valence-corrected chi connectivity index (χ2v) is 7.33. The fourth-order valence-electron chi connectivity index (χ4n) is 3.25. The summed E-state index contributed by atoms with van der Waals surface area (Å²) in [6, 6.07) is 7.37. The minimum Gasteiger partial charge on any atom is -0.496 e. The fraction of sp³-hybridized carbons (Fsp3) is 0.409. The number of carbonyl (C=O) groups excluding carboxylic acids is 1. The van der Waals surface area contributed by atoms with Crippen molar-refractivity contribution in [2.24, 2.45) is 0 Å². The lowest BCUT2D eigenvalue weighted by molar-refractivity contribution is -0.142. The number of hydrogen-bond acceptors (Lipinski definition) is 7. The van der Waals surface area contributed by atoms with Crippen molar-refractivity contribution >= 4 is 34.4 Å². The van der Waals surface area contributed by atoms with Crippen LogP contribution in [0.15, 0.2) is 30.5 Å². The second kappa shape index (κ2) is 10.9. The van der Waals surface area contributed by atoms with Gasteiger partial charge in [-0.05, 0) is 36.2 Å². The summed E-state index contributed by atoms with van der Waals surface area (Å²) in [4.78, 5) is 20.1. The lowest BCUT2D eigenvalue weighted by Crippen LogP contribution is -2.12. The highest BCUT2D eigenvalue weighted by Gasteiger charge is 2.14. The van der Waals surface area contributed by atoms with Crippen molar-refractivity contribution in [2.45, 2.75) is 32.7 Å². The lowest BCUT2D eigenvalue weighted by atomic mass is 10.2. The van der Waals surface area contributed by atoms with Gasteiger partial charge in [-0.2, -0.15) is 4.98 Å². The summed E-state index contributed by atoms with van der Waals surface area (Å²) in [5.74, 6) is 1.45. The van der Waals surface area contributed by atoms with Gasteiger partial charge in [-0.1, -0.05) is 19.8 Å². The molecule has 166 valence electrons. The summed E-state index contributed by atoms with van der Waals surface area (Å²) in [5, 5.41) is 3.61. The number of nitrogens with one attached hydrogen (secondary N) is 1. The quantitative estimate of drug-likeness (QED) is 0.267. The molecule has 0 aliphatic heterocycles. The Hall–Kier alpha value is -3.00. The maximum Gasteiger partial charge on any atom is 0.343 e. The van der Waals surface area contributed by atoms with Crippen LogP contribution in [0.1, 0.15) is 31.7 Å². The molecule has 3 rings (SSSR count). The Kier molecular flexibility index (Phi) is 7.94. The number of rotatable bonds is 11. The van der Waals surface area contributed by atoms with Crippen molar-refractivity contribution in [1.82, 2.24) is 14.5 Å².